The van der Waals surface area contributed by atoms with E-state index in [0.29, 0.717) is 0 Å². The van der Waals surface area contributed by atoms with E-state index in [1.807, 2.05) is 0 Å². The number of epoxide rings is 1. The second-order valence-electron chi connectivity index (χ2n) is 0.500. The molecule has 0 atom stereocenters. The summed E-state index contributed by atoms with van der Waals surface area (Å²) in [5.74, 6) is 0. The molecular formula is C2H3OY2-. The Morgan fingerprint density at radius 1 is 1.40 bits per heavy atom. The third-order valence-electron chi connectivity index (χ3n) is 0.167. The van der Waals surface area contributed by atoms with E-state index >= 15 is 0 Å². The van der Waals surface area contributed by atoms with Gasteiger partial charge in [-0.1, -0.05) is 6.61 Å². The van der Waals surface area contributed by atoms with E-state index in [1.165, 1.54) is 0 Å². The minimum Gasteiger partial charge on any atom is -0.574 e. The second-order valence-corrected chi connectivity index (χ2v) is 0.500. The molecule has 1 nitrogen and oxygen atoms in total. The first-order valence-electron chi connectivity index (χ1n) is 0.933. The molecule has 24 valence electrons. The van der Waals surface area contributed by atoms with E-state index in [0.717, 1.165) is 6.61 Å². The van der Waals surface area contributed by atoms with E-state index < -0.39 is 0 Å². The summed E-state index contributed by atoms with van der Waals surface area (Å²) in [6.07, 6.45) is 0. The molecule has 1 aliphatic heterocycles. The van der Waals surface area contributed by atoms with Crippen molar-refractivity contribution in [3.05, 3.63) is 6.61 Å². The molecule has 1 fully saturated rings. The predicted molar refractivity (Wildman–Crippen MR) is 10.3 cm³/mol. The summed E-state index contributed by atoms with van der Waals surface area (Å²) in [4.78, 5) is 0. The van der Waals surface area contributed by atoms with E-state index in [-0.39, 0.29) is 65.4 Å². The van der Waals surface area contributed by atoms with E-state index in [4.69, 9.17) is 0 Å². The van der Waals surface area contributed by atoms with Gasteiger partial charge < -0.3 is 4.74 Å². The molecule has 1 aliphatic rings. The van der Waals surface area contributed by atoms with Gasteiger partial charge in [0.05, 0.1) is 0 Å². The van der Waals surface area contributed by atoms with Gasteiger partial charge in [0, 0.05) is 65.4 Å². The van der Waals surface area contributed by atoms with Crippen LogP contribution in [0.3, 0.4) is 0 Å². The predicted octanol–water partition coefficient (Wildman–Crippen LogP) is 0.173. The molecule has 1 heterocycles. The third-order valence-corrected chi connectivity index (χ3v) is 0.167. The Morgan fingerprint density at radius 3 is 1.60 bits per heavy atom. The smallest absolute Gasteiger partial charge is 0 e. The maximum Gasteiger partial charge on any atom is 0 e. The standard InChI is InChI=1S/C2H3O.2Y/c1-2-3-1;;/h1H,2H2;;/q-1;;. The largest absolute Gasteiger partial charge is 0.574 e. The molecule has 0 bridgehead atoms. The summed E-state index contributed by atoms with van der Waals surface area (Å²) >= 11 is 0. The van der Waals surface area contributed by atoms with Gasteiger partial charge in [-0.2, -0.15) is 6.61 Å². The topological polar surface area (TPSA) is 12.5 Å². The molecule has 0 spiro atoms. The van der Waals surface area contributed by atoms with Crippen LogP contribution in [0.25, 0.3) is 0 Å². The average Bonchev–Trinajstić information content (AvgIpc) is 1.46. The number of rotatable bonds is 0. The molecule has 0 amide bonds. The number of hydrogen-bond acceptors (Lipinski definition) is 1. The third kappa shape index (κ3) is 10.7. The van der Waals surface area contributed by atoms with Crippen molar-refractivity contribution in [1.29, 1.82) is 0 Å². The molecular weight excluding hydrogens is 218 g/mol. The van der Waals surface area contributed by atoms with Gasteiger partial charge in [0.15, 0.2) is 0 Å². The molecule has 2 radical (unpaired) electrons. The Hall–Kier alpha value is 2.17. The fourth-order valence-corrected chi connectivity index (χ4v) is 0. The summed E-state index contributed by atoms with van der Waals surface area (Å²) in [6.45, 7) is 2.62. The van der Waals surface area contributed by atoms with Crippen LogP contribution in [-0.4, -0.2) is 6.61 Å². The molecule has 0 aliphatic carbocycles. The quantitative estimate of drug-likeness (QED) is 0.419. The van der Waals surface area contributed by atoms with Crippen molar-refractivity contribution >= 4 is 0 Å². The summed E-state index contributed by atoms with van der Waals surface area (Å²) in [6, 6.07) is 0. The molecule has 1 saturated heterocycles. The SMILES string of the molecule is [CH-]1CO1.[Y].[Y]. The summed E-state index contributed by atoms with van der Waals surface area (Å²) in [5.41, 5.74) is 0. The summed E-state index contributed by atoms with van der Waals surface area (Å²) in [7, 11) is 0. The van der Waals surface area contributed by atoms with Crippen molar-refractivity contribution in [3.8, 4) is 0 Å². The minimum atomic E-state index is 0. The first kappa shape index (κ1) is 10.2. The van der Waals surface area contributed by atoms with Crippen molar-refractivity contribution in [2.75, 3.05) is 6.61 Å². The van der Waals surface area contributed by atoms with Crippen molar-refractivity contribution in [1.82, 2.24) is 0 Å². The van der Waals surface area contributed by atoms with Crippen molar-refractivity contribution in [2.45, 2.75) is 0 Å². The zero-order valence-corrected chi connectivity index (χ0v) is 8.52. The van der Waals surface area contributed by atoms with Crippen LogP contribution in [0.4, 0.5) is 0 Å². The maximum atomic E-state index is 4.38. The summed E-state index contributed by atoms with van der Waals surface area (Å²) in [5, 5.41) is 0. The summed E-state index contributed by atoms with van der Waals surface area (Å²) < 4.78 is 4.38. The Labute approximate surface area is 82.0 Å². The van der Waals surface area contributed by atoms with Crippen LogP contribution < -0.4 is 0 Å². The first-order valence-corrected chi connectivity index (χ1v) is 0.933. The van der Waals surface area contributed by atoms with E-state index in [2.05, 4.69) is 4.74 Å². The Balaban J connectivity index is 0. The van der Waals surface area contributed by atoms with Crippen molar-refractivity contribution in [3.63, 3.8) is 0 Å². The van der Waals surface area contributed by atoms with E-state index in [9.17, 15) is 0 Å². The molecule has 3 heteroatoms. The van der Waals surface area contributed by atoms with Crippen molar-refractivity contribution in [2.24, 2.45) is 0 Å². The zero-order chi connectivity index (χ0) is 2.12. The number of ether oxygens (including phenoxy) is 1. The van der Waals surface area contributed by atoms with Crippen LogP contribution in [-0.2, 0) is 70.2 Å². The molecule has 5 heavy (non-hydrogen) atoms. The number of hydrogen-bond donors (Lipinski definition) is 0. The fourth-order valence-electron chi connectivity index (χ4n) is 0. The van der Waals surface area contributed by atoms with Crippen LogP contribution in [0.15, 0.2) is 0 Å². The Kier molecular flexibility index (Phi) is 12.6. The van der Waals surface area contributed by atoms with Gasteiger partial charge in [-0.15, -0.1) is 0 Å². The molecule has 0 aromatic heterocycles. The van der Waals surface area contributed by atoms with Crippen LogP contribution in [0.2, 0.25) is 0 Å². The van der Waals surface area contributed by atoms with Gasteiger partial charge in [0.1, 0.15) is 0 Å². The van der Waals surface area contributed by atoms with Gasteiger partial charge in [-0.25, -0.2) is 0 Å². The van der Waals surface area contributed by atoms with Crippen LogP contribution in [0, 0.1) is 6.61 Å². The van der Waals surface area contributed by atoms with Crippen LogP contribution >= 0.6 is 0 Å². The molecule has 1 rings (SSSR count). The molecule has 0 aromatic carbocycles. The Morgan fingerprint density at radius 2 is 1.60 bits per heavy atom. The maximum absolute atomic E-state index is 4.38. The van der Waals surface area contributed by atoms with Crippen molar-refractivity contribution < 1.29 is 70.2 Å². The second kappa shape index (κ2) is 6.17. The van der Waals surface area contributed by atoms with Gasteiger partial charge in [0.25, 0.3) is 0 Å². The fraction of sp³-hybridized carbons (Fsp3) is 0.500. The van der Waals surface area contributed by atoms with Gasteiger partial charge >= 0.3 is 0 Å². The molecule has 0 aromatic rings. The Bertz CT molecular complexity index is 12.4. The normalized spacial score (nSPS) is 14.4. The van der Waals surface area contributed by atoms with E-state index in [1.54, 1.807) is 6.61 Å². The first-order chi connectivity index (χ1) is 1.50. The molecule has 0 saturated carbocycles. The monoisotopic (exact) mass is 221 g/mol. The average molecular weight is 221 g/mol. The van der Waals surface area contributed by atoms with Crippen LogP contribution in [0.5, 0.6) is 0 Å². The van der Waals surface area contributed by atoms with Crippen LogP contribution in [0.1, 0.15) is 0 Å². The minimum absolute atomic E-state index is 0. The molecule has 0 unspecified atom stereocenters. The van der Waals surface area contributed by atoms with Gasteiger partial charge in [-0.05, 0) is 0 Å². The molecule has 0 N–H and O–H groups in total. The zero-order valence-electron chi connectivity index (χ0n) is 2.85. The van der Waals surface area contributed by atoms with Gasteiger partial charge in [0.2, 0.25) is 0 Å². The van der Waals surface area contributed by atoms with Gasteiger partial charge in [-0.3, -0.25) is 0 Å².